The minimum absolute atomic E-state index is 0.208. The van der Waals surface area contributed by atoms with Gasteiger partial charge in [-0.3, -0.25) is 4.79 Å². The van der Waals surface area contributed by atoms with Crippen LogP contribution >= 0.6 is 34.7 Å². The summed E-state index contributed by atoms with van der Waals surface area (Å²) in [7, 11) is 0. The first-order chi connectivity index (χ1) is 12.1. The van der Waals surface area contributed by atoms with Crippen molar-refractivity contribution >= 4 is 56.5 Å². The molecule has 25 heavy (non-hydrogen) atoms. The molecule has 128 valence electrons. The largest absolute Gasteiger partial charge is 0.364 e. The summed E-state index contributed by atoms with van der Waals surface area (Å²) in [4.78, 5) is 12.8. The fourth-order valence-corrected chi connectivity index (χ4v) is 5.32. The highest BCUT2D eigenvalue weighted by molar-refractivity contribution is 7.99. The van der Waals surface area contributed by atoms with Crippen molar-refractivity contribution in [3.8, 4) is 10.4 Å². The number of carbonyl (C=O) groups is 1. The Hall–Kier alpha value is -1.83. The molecule has 8 heteroatoms. The van der Waals surface area contributed by atoms with Gasteiger partial charge in [0.2, 0.25) is 0 Å². The van der Waals surface area contributed by atoms with Crippen molar-refractivity contribution in [1.82, 2.24) is 10.2 Å². The third-order valence-corrected chi connectivity index (χ3v) is 6.65. The van der Waals surface area contributed by atoms with Crippen molar-refractivity contribution in [3.63, 3.8) is 0 Å². The highest BCUT2D eigenvalue weighted by Crippen LogP contribution is 2.38. The van der Waals surface area contributed by atoms with E-state index in [4.69, 9.17) is 17.3 Å². The van der Waals surface area contributed by atoms with Gasteiger partial charge in [0.1, 0.15) is 0 Å². The van der Waals surface area contributed by atoms with Crippen LogP contribution in [0.3, 0.4) is 0 Å². The Balaban J connectivity index is 1.84. The van der Waals surface area contributed by atoms with E-state index in [1.165, 1.54) is 11.3 Å². The lowest BCUT2D eigenvalue weighted by atomic mass is 10.1. The van der Waals surface area contributed by atoms with Gasteiger partial charge in [-0.15, -0.1) is 21.5 Å². The van der Waals surface area contributed by atoms with Crippen LogP contribution in [-0.2, 0) is 0 Å². The molecule has 1 aliphatic rings. The monoisotopic (exact) mass is 390 g/mol. The van der Waals surface area contributed by atoms with Gasteiger partial charge in [0.15, 0.2) is 11.5 Å². The van der Waals surface area contributed by atoms with Crippen molar-refractivity contribution in [1.29, 1.82) is 0 Å². The number of thioether (sulfide) groups is 1. The average Bonchev–Trinajstić information content (AvgIpc) is 3.24. The maximum atomic E-state index is 11.8. The van der Waals surface area contributed by atoms with Crippen LogP contribution in [0, 0.1) is 0 Å². The molecule has 4 rings (SSSR count). The van der Waals surface area contributed by atoms with Gasteiger partial charge in [-0.05, 0) is 35.9 Å². The minimum atomic E-state index is -0.569. The van der Waals surface area contributed by atoms with Gasteiger partial charge < -0.3 is 11.1 Å². The number of anilines is 1. The fraction of sp³-hybridized carbons (Fsp3) is 0.235. The number of thiophene rings is 1. The number of fused-ring (bicyclic) bond motifs is 1. The van der Waals surface area contributed by atoms with E-state index in [-0.39, 0.29) is 5.69 Å². The molecule has 1 amide bonds. The molecule has 0 radical (unpaired) electrons. The second-order valence-electron chi connectivity index (χ2n) is 5.83. The van der Waals surface area contributed by atoms with Crippen LogP contribution in [0.25, 0.3) is 20.5 Å². The van der Waals surface area contributed by atoms with Crippen molar-refractivity contribution < 1.29 is 4.79 Å². The highest BCUT2D eigenvalue weighted by atomic mass is 35.5. The Morgan fingerprint density at radius 3 is 2.92 bits per heavy atom. The number of benzene rings is 1. The molecule has 0 bridgehead atoms. The molecule has 1 fully saturated rings. The van der Waals surface area contributed by atoms with E-state index in [2.05, 4.69) is 15.5 Å². The van der Waals surface area contributed by atoms with E-state index in [0.717, 1.165) is 38.5 Å². The summed E-state index contributed by atoms with van der Waals surface area (Å²) in [5, 5.41) is 13.3. The number of hydrogen-bond donors (Lipinski definition) is 2. The molecular weight excluding hydrogens is 376 g/mol. The number of aromatic nitrogens is 2. The lowest BCUT2D eigenvalue weighted by Crippen LogP contribution is -2.20. The molecule has 0 spiro atoms. The third-order valence-electron chi connectivity index (χ3n) is 4.07. The molecule has 1 unspecified atom stereocenters. The quantitative estimate of drug-likeness (QED) is 0.702. The van der Waals surface area contributed by atoms with Crippen LogP contribution in [0.15, 0.2) is 30.3 Å². The Bertz CT molecular complexity index is 953. The second-order valence-corrected chi connectivity index (χ2v) is 8.47. The van der Waals surface area contributed by atoms with Crippen LogP contribution in [0.5, 0.6) is 0 Å². The molecule has 3 aromatic rings. The van der Waals surface area contributed by atoms with E-state index >= 15 is 0 Å². The van der Waals surface area contributed by atoms with Gasteiger partial charge >= 0.3 is 0 Å². The van der Waals surface area contributed by atoms with Crippen molar-refractivity contribution in [2.45, 2.75) is 12.5 Å². The molecular formula is C17H15ClN4OS2. The Morgan fingerprint density at radius 2 is 2.20 bits per heavy atom. The number of carbonyl (C=O) groups excluding carboxylic acids is 1. The maximum Gasteiger partial charge on any atom is 0.270 e. The zero-order valence-corrected chi connectivity index (χ0v) is 15.5. The Kier molecular flexibility index (Phi) is 4.54. The molecule has 3 N–H and O–H groups in total. The Labute approximate surface area is 158 Å². The zero-order chi connectivity index (χ0) is 17.4. The standard InChI is InChI=1S/C17H15ClN4OS2/c18-10-3-1-2-9(6-10)13-7-12-15(25-13)14(16(19)23)21-22-17(12)20-11-4-5-24-8-11/h1-3,6-7,11H,4-5,8H2,(H2,19,23)(H,20,22). The molecule has 1 atom stereocenters. The van der Waals surface area contributed by atoms with Gasteiger partial charge in [0.05, 0.1) is 4.70 Å². The Morgan fingerprint density at radius 1 is 1.32 bits per heavy atom. The molecule has 5 nitrogen and oxygen atoms in total. The normalized spacial score (nSPS) is 17.1. The van der Waals surface area contributed by atoms with Crippen molar-refractivity contribution in [2.24, 2.45) is 5.73 Å². The molecule has 1 saturated heterocycles. The van der Waals surface area contributed by atoms with E-state index in [9.17, 15) is 4.79 Å². The van der Waals surface area contributed by atoms with Gasteiger partial charge in [-0.25, -0.2) is 0 Å². The van der Waals surface area contributed by atoms with Crippen LogP contribution in [-0.4, -0.2) is 33.7 Å². The second kappa shape index (κ2) is 6.82. The predicted molar refractivity (Wildman–Crippen MR) is 106 cm³/mol. The lowest BCUT2D eigenvalue weighted by molar-refractivity contribution is 0.0996. The van der Waals surface area contributed by atoms with E-state index < -0.39 is 5.91 Å². The lowest BCUT2D eigenvalue weighted by Gasteiger charge is -2.12. The molecule has 0 aliphatic carbocycles. The maximum absolute atomic E-state index is 11.8. The third kappa shape index (κ3) is 3.31. The van der Waals surface area contributed by atoms with Gasteiger partial charge in [0.25, 0.3) is 5.91 Å². The summed E-state index contributed by atoms with van der Waals surface area (Å²) in [5.41, 5.74) is 6.69. The summed E-state index contributed by atoms with van der Waals surface area (Å²) < 4.78 is 0.755. The van der Waals surface area contributed by atoms with Crippen LogP contribution in [0.1, 0.15) is 16.9 Å². The van der Waals surface area contributed by atoms with Crippen molar-refractivity contribution in [2.75, 3.05) is 16.8 Å². The first-order valence-corrected chi connectivity index (χ1v) is 10.2. The highest BCUT2D eigenvalue weighted by Gasteiger charge is 2.21. The molecule has 1 aliphatic heterocycles. The smallest absolute Gasteiger partial charge is 0.270 e. The number of nitrogens with one attached hydrogen (secondary N) is 1. The van der Waals surface area contributed by atoms with Crippen molar-refractivity contribution in [3.05, 3.63) is 41.0 Å². The molecule has 0 saturated carbocycles. The van der Waals surface area contributed by atoms with Gasteiger partial charge in [-0.2, -0.15) is 11.8 Å². The first kappa shape index (κ1) is 16.6. The number of rotatable bonds is 4. The number of nitrogens with two attached hydrogens (primary N) is 1. The average molecular weight is 391 g/mol. The minimum Gasteiger partial charge on any atom is -0.364 e. The summed E-state index contributed by atoms with van der Waals surface area (Å²) in [6.45, 7) is 0. The molecule has 3 heterocycles. The van der Waals surface area contributed by atoms with E-state index in [1.807, 2.05) is 42.1 Å². The summed E-state index contributed by atoms with van der Waals surface area (Å²) in [6, 6.07) is 10.0. The first-order valence-electron chi connectivity index (χ1n) is 7.82. The van der Waals surface area contributed by atoms with Gasteiger partial charge in [0, 0.05) is 27.1 Å². The number of halogens is 1. The van der Waals surface area contributed by atoms with Gasteiger partial charge in [-0.1, -0.05) is 23.7 Å². The fourth-order valence-electron chi connectivity index (χ4n) is 2.84. The summed E-state index contributed by atoms with van der Waals surface area (Å²) in [6.07, 6.45) is 1.09. The molecule has 1 aromatic carbocycles. The zero-order valence-electron chi connectivity index (χ0n) is 13.2. The molecule has 2 aromatic heterocycles. The van der Waals surface area contributed by atoms with E-state index in [1.54, 1.807) is 0 Å². The van der Waals surface area contributed by atoms with Crippen LogP contribution in [0.4, 0.5) is 5.82 Å². The van der Waals surface area contributed by atoms with Crippen LogP contribution < -0.4 is 11.1 Å². The number of nitrogens with zero attached hydrogens (tertiary/aromatic N) is 2. The number of amides is 1. The van der Waals surface area contributed by atoms with E-state index in [0.29, 0.717) is 16.9 Å². The van der Waals surface area contributed by atoms with Crippen LogP contribution in [0.2, 0.25) is 5.02 Å². The number of hydrogen-bond acceptors (Lipinski definition) is 6. The SMILES string of the molecule is NC(=O)c1nnc(NC2CCSC2)c2cc(-c3cccc(Cl)c3)sc12. The number of primary amides is 1. The summed E-state index contributed by atoms with van der Waals surface area (Å²) >= 11 is 9.51. The topological polar surface area (TPSA) is 80.9 Å². The summed E-state index contributed by atoms with van der Waals surface area (Å²) in [5.74, 6) is 2.33. The predicted octanol–water partition coefficient (Wildman–Crippen LogP) is 4.03.